The highest BCUT2D eigenvalue weighted by atomic mass is 15.2. The van der Waals surface area contributed by atoms with E-state index in [0.717, 1.165) is 18.0 Å². The minimum atomic E-state index is 0.0569. The molecule has 1 aromatic heterocycles. The van der Waals surface area contributed by atoms with Crippen LogP contribution in [0.5, 0.6) is 0 Å². The van der Waals surface area contributed by atoms with Crippen LogP contribution in [0.4, 0.5) is 0 Å². The molecule has 0 aliphatic carbocycles. The molecule has 22 heavy (non-hydrogen) atoms. The van der Waals surface area contributed by atoms with Crippen LogP contribution in [0.25, 0.3) is 10.9 Å². The van der Waals surface area contributed by atoms with E-state index >= 15 is 0 Å². The Morgan fingerprint density at radius 1 is 1.32 bits per heavy atom. The zero-order valence-electron chi connectivity index (χ0n) is 12.9. The van der Waals surface area contributed by atoms with Gasteiger partial charge in [0.15, 0.2) is 0 Å². The van der Waals surface area contributed by atoms with Crippen molar-refractivity contribution in [1.82, 2.24) is 9.88 Å². The van der Waals surface area contributed by atoms with Crippen LogP contribution in [0.1, 0.15) is 24.4 Å². The number of hydrogen-bond donors (Lipinski definition) is 1. The highest BCUT2D eigenvalue weighted by Crippen LogP contribution is 2.41. The van der Waals surface area contributed by atoms with Gasteiger partial charge in [0, 0.05) is 30.2 Å². The SMILES string of the molecule is C=C[C@H]1CN2CC[C@H]1CC2[C@@H](N)c1ccnc2ccccc12. The average molecular weight is 293 g/mol. The molecule has 5 rings (SSSR count). The number of aromatic nitrogens is 1. The topological polar surface area (TPSA) is 42.1 Å². The van der Waals surface area contributed by atoms with Crippen LogP contribution in [0, 0.1) is 11.8 Å². The van der Waals surface area contributed by atoms with Gasteiger partial charge in [-0.25, -0.2) is 0 Å². The molecule has 2 bridgehead atoms. The molecule has 114 valence electrons. The molecule has 5 atom stereocenters. The summed E-state index contributed by atoms with van der Waals surface area (Å²) in [5.74, 6) is 1.40. The molecule has 2 N–H and O–H groups in total. The Morgan fingerprint density at radius 3 is 2.95 bits per heavy atom. The van der Waals surface area contributed by atoms with Crippen LogP contribution in [0.2, 0.25) is 0 Å². The number of nitrogens with zero attached hydrogens (tertiary/aromatic N) is 2. The Morgan fingerprint density at radius 2 is 2.18 bits per heavy atom. The summed E-state index contributed by atoms with van der Waals surface area (Å²) >= 11 is 0. The summed E-state index contributed by atoms with van der Waals surface area (Å²) in [6, 6.07) is 10.9. The molecule has 3 nitrogen and oxygen atoms in total. The summed E-state index contributed by atoms with van der Waals surface area (Å²) in [7, 11) is 0. The highest BCUT2D eigenvalue weighted by molar-refractivity contribution is 5.82. The van der Waals surface area contributed by atoms with Crippen LogP contribution < -0.4 is 5.73 Å². The van der Waals surface area contributed by atoms with Crippen LogP contribution in [-0.2, 0) is 0 Å². The predicted octanol–water partition coefficient (Wildman–Crippen LogP) is 3.13. The van der Waals surface area contributed by atoms with E-state index in [1.165, 1.54) is 30.3 Å². The monoisotopic (exact) mass is 293 g/mol. The summed E-state index contributed by atoms with van der Waals surface area (Å²) in [5, 5.41) is 1.19. The van der Waals surface area contributed by atoms with Gasteiger partial charge in [-0.15, -0.1) is 6.58 Å². The fraction of sp³-hybridized carbons (Fsp3) is 0.421. The molecule has 0 saturated carbocycles. The lowest BCUT2D eigenvalue weighted by atomic mass is 9.73. The fourth-order valence-electron chi connectivity index (χ4n) is 4.37. The smallest absolute Gasteiger partial charge is 0.0705 e. The molecule has 3 heteroatoms. The minimum absolute atomic E-state index is 0.0569. The Labute approximate surface area is 131 Å². The average Bonchev–Trinajstić information content (AvgIpc) is 2.60. The molecule has 3 aliphatic rings. The molecule has 0 amide bonds. The van der Waals surface area contributed by atoms with Crippen molar-refractivity contribution in [3.63, 3.8) is 0 Å². The predicted molar refractivity (Wildman–Crippen MR) is 90.4 cm³/mol. The second-order valence-electron chi connectivity index (χ2n) is 6.69. The van der Waals surface area contributed by atoms with Gasteiger partial charge in [0.2, 0.25) is 0 Å². The van der Waals surface area contributed by atoms with Crippen molar-refractivity contribution in [2.45, 2.75) is 24.9 Å². The maximum Gasteiger partial charge on any atom is 0.0705 e. The summed E-state index contributed by atoms with van der Waals surface area (Å²) < 4.78 is 0. The minimum Gasteiger partial charge on any atom is -0.323 e. The molecule has 3 aliphatic heterocycles. The summed E-state index contributed by atoms with van der Waals surface area (Å²) in [6.07, 6.45) is 6.51. The van der Waals surface area contributed by atoms with Gasteiger partial charge in [-0.3, -0.25) is 9.88 Å². The van der Waals surface area contributed by atoms with E-state index in [1.54, 1.807) is 0 Å². The number of rotatable bonds is 3. The van der Waals surface area contributed by atoms with E-state index < -0.39 is 0 Å². The lowest BCUT2D eigenvalue weighted by Crippen LogP contribution is -2.56. The molecule has 2 aromatic rings. The number of piperidine rings is 3. The molecular weight excluding hydrogens is 270 g/mol. The number of hydrogen-bond acceptors (Lipinski definition) is 3. The lowest BCUT2D eigenvalue weighted by molar-refractivity contribution is 0.00749. The van der Waals surface area contributed by atoms with Gasteiger partial charge < -0.3 is 5.73 Å². The molecule has 1 aromatic carbocycles. The van der Waals surface area contributed by atoms with E-state index in [1.807, 2.05) is 12.3 Å². The van der Waals surface area contributed by atoms with Crippen molar-refractivity contribution in [2.24, 2.45) is 17.6 Å². The zero-order chi connectivity index (χ0) is 15.1. The molecule has 2 unspecified atom stereocenters. The third kappa shape index (κ3) is 2.16. The Hall–Kier alpha value is -1.71. The van der Waals surface area contributed by atoms with Gasteiger partial charge in [-0.2, -0.15) is 0 Å². The first-order valence-corrected chi connectivity index (χ1v) is 8.24. The Kier molecular flexibility index (Phi) is 3.47. The third-order valence-electron chi connectivity index (χ3n) is 5.61. The first kappa shape index (κ1) is 13.9. The maximum atomic E-state index is 6.71. The summed E-state index contributed by atoms with van der Waals surface area (Å²) in [6.45, 7) is 6.30. The highest BCUT2D eigenvalue weighted by Gasteiger charge is 2.41. The zero-order valence-corrected chi connectivity index (χ0v) is 12.9. The van der Waals surface area contributed by atoms with Gasteiger partial charge in [-0.1, -0.05) is 24.3 Å². The van der Waals surface area contributed by atoms with Crippen molar-refractivity contribution >= 4 is 10.9 Å². The number of benzene rings is 1. The second-order valence-corrected chi connectivity index (χ2v) is 6.69. The largest absolute Gasteiger partial charge is 0.323 e. The third-order valence-corrected chi connectivity index (χ3v) is 5.61. The van der Waals surface area contributed by atoms with Crippen molar-refractivity contribution in [3.05, 3.63) is 54.7 Å². The molecule has 0 radical (unpaired) electrons. The standard InChI is InChI=1S/C19H23N3/c1-2-13-12-22-10-8-14(13)11-18(22)19(20)16-7-9-21-17-6-4-3-5-15(16)17/h2-7,9,13-14,18-19H,1,8,10-12,20H2/t13-,14-,18?,19-/m0/s1. The summed E-state index contributed by atoms with van der Waals surface area (Å²) in [5.41, 5.74) is 8.99. The van der Waals surface area contributed by atoms with Crippen LogP contribution >= 0.6 is 0 Å². The number of pyridine rings is 1. The van der Waals surface area contributed by atoms with Crippen molar-refractivity contribution in [2.75, 3.05) is 13.1 Å². The van der Waals surface area contributed by atoms with Crippen LogP contribution in [-0.4, -0.2) is 29.0 Å². The van der Waals surface area contributed by atoms with E-state index in [4.69, 9.17) is 5.73 Å². The van der Waals surface area contributed by atoms with Gasteiger partial charge in [0.1, 0.15) is 0 Å². The van der Waals surface area contributed by atoms with Crippen molar-refractivity contribution < 1.29 is 0 Å². The van der Waals surface area contributed by atoms with Crippen LogP contribution in [0.15, 0.2) is 49.2 Å². The van der Waals surface area contributed by atoms with Crippen LogP contribution in [0.3, 0.4) is 0 Å². The van der Waals surface area contributed by atoms with Crippen molar-refractivity contribution in [3.8, 4) is 0 Å². The van der Waals surface area contributed by atoms with E-state index in [-0.39, 0.29) is 6.04 Å². The molecule has 3 fully saturated rings. The molecular formula is C19H23N3. The van der Waals surface area contributed by atoms with Gasteiger partial charge >= 0.3 is 0 Å². The van der Waals surface area contributed by atoms with E-state index in [9.17, 15) is 0 Å². The van der Waals surface area contributed by atoms with Gasteiger partial charge in [-0.05, 0) is 48.9 Å². The van der Waals surface area contributed by atoms with E-state index in [0.29, 0.717) is 12.0 Å². The normalized spacial score (nSPS) is 32.0. The Bertz CT molecular complexity index is 691. The van der Waals surface area contributed by atoms with Gasteiger partial charge in [0.25, 0.3) is 0 Å². The first-order chi connectivity index (χ1) is 10.8. The Balaban J connectivity index is 1.67. The number of nitrogens with two attached hydrogens (primary N) is 1. The lowest BCUT2D eigenvalue weighted by Gasteiger charge is -2.51. The quantitative estimate of drug-likeness (QED) is 0.884. The number of fused-ring (bicyclic) bond motifs is 4. The number of para-hydroxylation sites is 1. The van der Waals surface area contributed by atoms with Gasteiger partial charge in [0.05, 0.1) is 5.52 Å². The molecule has 0 spiro atoms. The van der Waals surface area contributed by atoms with Crippen molar-refractivity contribution in [1.29, 1.82) is 0 Å². The molecule has 3 saturated heterocycles. The second kappa shape index (κ2) is 5.49. The molecule has 4 heterocycles. The first-order valence-electron chi connectivity index (χ1n) is 8.24. The maximum absolute atomic E-state index is 6.71. The fourth-order valence-corrected chi connectivity index (χ4v) is 4.37. The summed E-state index contributed by atoms with van der Waals surface area (Å²) in [4.78, 5) is 7.04. The van der Waals surface area contributed by atoms with E-state index in [2.05, 4.69) is 46.8 Å².